The molecule has 2 rings (SSSR count). The summed E-state index contributed by atoms with van der Waals surface area (Å²) in [4.78, 5) is 12.0. The zero-order valence-electron chi connectivity index (χ0n) is 10.2. The number of rotatable bonds is 2. The van der Waals surface area contributed by atoms with Crippen molar-refractivity contribution in [2.75, 3.05) is 11.1 Å². The van der Waals surface area contributed by atoms with Crippen LogP contribution in [-0.2, 0) is 0 Å². The fourth-order valence-electron chi connectivity index (χ4n) is 1.56. The largest absolute Gasteiger partial charge is 0.394 e. The first-order valence-electron chi connectivity index (χ1n) is 5.50. The zero-order valence-corrected chi connectivity index (χ0v) is 13.3. The summed E-state index contributed by atoms with van der Waals surface area (Å²) in [5, 5.41) is 2.76. The number of nitrogen functional groups attached to an aromatic ring is 1. The Labute approximate surface area is 137 Å². The smallest absolute Gasteiger partial charge is 0.255 e. The van der Waals surface area contributed by atoms with Gasteiger partial charge in [-0.25, -0.2) is 8.78 Å². The second-order valence-electron chi connectivity index (χ2n) is 4.05. The Morgan fingerprint density at radius 1 is 1.10 bits per heavy atom. The maximum atomic E-state index is 13.3. The monoisotopic (exact) mass is 394 g/mol. The minimum Gasteiger partial charge on any atom is -0.394 e. The Kier molecular flexibility index (Phi) is 4.70. The SMILES string of the molecule is Nc1c(F)cc(C(=O)Nc2c(Cl)cc(Br)cc2Cl)cc1F. The van der Waals surface area contributed by atoms with Gasteiger partial charge in [0.25, 0.3) is 5.91 Å². The number of nitrogens with one attached hydrogen (secondary N) is 1. The molecule has 8 heteroatoms. The number of benzene rings is 2. The Morgan fingerprint density at radius 3 is 2.05 bits per heavy atom. The fraction of sp³-hybridized carbons (Fsp3) is 0. The molecule has 2 aromatic rings. The summed E-state index contributed by atoms with van der Waals surface area (Å²) in [6, 6.07) is 4.70. The molecule has 0 fully saturated rings. The van der Waals surface area contributed by atoms with E-state index >= 15 is 0 Å². The van der Waals surface area contributed by atoms with Gasteiger partial charge in [-0.1, -0.05) is 39.1 Å². The lowest BCUT2D eigenvalue weighted by Gasteiger charge is -2.10. The normalized spacial score (nSPS) is 10.5. The number of amides is 1. The molecular weight excluding hydrogens is 389 g/mol. The van der Waals surface area contributed by atoms with Crippen molar-refractivity contribution in [2.45, 2.75) is 0 Å². The number of carbonyl (C=O) groups excluding carboxylic acids is 1. The summed E-state index contributed by atoms with van der Waals surface area (Å²) in [5.74, 6) is -2.81. The number of carbonyl (C=O) groups is 1. The Balaban J connectivity index is 2.35. The van der Waals surface area contributed by atoms with Gasteiger partial charge in [0.05, 0.1) is 15.7 Å². The lowest BCUT2D eigenvalue weighted by atomic mass is 10.1. The quantitative estimate of drug-likeness (QED) is 0.712. The highest BCUT2D eigenvalue weighted by Crippen LogP contribution is 2.34. The van der Waals surface area contributed by atoms with E-state index in [1.165, 1.54) is 12.1 Å². The molecule has 0 bridgehead atoms. The average molecular weight is 396 g/mol. The molecule has 0 aliphatic heterocycles. The van der Waals surface area contributed by atoms with Crippen LogP contribution in [0.4, 0.5) is 20.2 Å². The third-order valence-corrected chi connectivity index (χ3v) is 3.64. The van der Waals surface area contributed by atoms with Gasteiger partial charge in [0.1, 0.15) is 17.3 Å². The molecule has 3 N–H and O–H groups in total. The number of anilines is 2. The van der Waals surface area contributed by atoms with Crippen molar-refractivity contribution >= 4 is 56.4 Å². The Morgan fingerprint density at radius 2 is 1.57 bits per heavy atom. The molecular formula is C13H7BrCl2F2N2O. The highest BCUT2D eigenvalue weighted by atomic mass is 79.9. The Bertz CT molecular complexity index is 694. The molecule has 2 aromatic carbocycles. The van der Waals surface area contributed by atoms with Gasteiger partial charge in [0.15, 0.2) is 0 Å². The van der Waals surface area contributed by atoms with Gasteiger partial charge in [0.2, 0.25) is 0 Å². The average Bonchev–Trinajstić information content (AvgIpc) is 2.39. The van der Waals surface area contributed by atoms with Crippen LogP contribution in [0.15, 0.2) is 28.7 Å². The molecule has 0 saturated heterocycles. The van der Waals surface area contributed by atoms with Crippen molar-refractivity contribution < 1.29 is 13.6 Å². The van der Waals surface area contributed by atoms with Gasteiger partial charge >= 0.3 is 0 Å². The second kappa shape index (κ2) is 6.17. The predicted octanol–water partition coefficient (Wildman–Crippen LogP) is 4.87. The standard InChI is InChI=1S/C13H7BrCl2F2N2O/c14-6-3-7(15)12(8(16)4-6)20-13(21)5-1-9(17)11(19)10(18)2-5/h1-4H,19H2,(H,20,21). The van der Waals surface area contributed by atoms with Gasteiger partial charge in [-0.05, 0) is 24.3 Å². The maximum Gasteiger partial charge on any atom is 0.255 e. The summed E-state index contributed by atoms with van der Waals surface area (Å²) < 4.78 is 27.3. The molecule has 3 nitrogen and oxygen atoms in total. The molecule has 0 aliphatic carbocycles. The lowest BCUT2D eigenvalue weighted by Crippen LogP contribution is -2.14. The molecule has 0 saturated carbocycles. The van der Waals surface area contributed by atoms with Crippen molar-refractivity contribution in [1.82, 2.24) is 0 Å². The van der Waals surface area contributed by atoms with Crippen LogP contribution in [0.2, 0.25) is 10.0 Å². The van der Waals surface area contributed by atoms with Crippen molar-refractivity contribution in [2.24, 2.45) is 0 Å². The summed E-state index contributed by atoms with van der Waals surface area (Å²) in [6.07, 6.45) is 0. The third-order valence-electron chi connectivity index (χ3n) is 2.59. The molecule has 0 radical (unpaired) electrons. The summed E-state index contributed by atoms with van der Waals surface area (Å²) in [6.45, 7) is 0. The minimum absolute atomic E-state index is 0.143. The molecule has 1 amide bonds. The van der Waals surface area contributed by atoms with Crippen LogP contribution in [0.25, 0.3) is 0 Å². The van der Waals surface area contributed by atoms with E-state index in [0.717, 1.165) is 12.1 Å². The molecule has 0 heterocycles. The van der Waals surface area contributed by atoms with E-state index in [0.29, 0.717) is 4.47 Å². The molecule has 0 unspecified atom stereocenters. The van der Waals surface area contributed by atoms with Crippen LogP contribution in [0.5, 0.6) is 0 Å². The summed E-state index contributed by atoms with van der Waals surface area (Å²) >= 11 is 15.1. The van der Waals surface area contributed by atoms with E-state index < -0.39 is 23.2 Å². The molecule has 21 heavy (non-hydrogen) atoms. The van der Waals surface area contributed by atoms with Crippen LogP contribution in [0.1, 0.15) is 10.4 Å². The van der Waals surface area contributed by atoms with Crippen LogP contribution in [0, 0.1) is 11.6 Å². The molecule has 110 valence electrons. The topological polar surface area (TPSA) is 55.1 Å². The van der Waals surface area contributed by atoms with Crippen LogP contribution in [0.3, 0.4) is 0 Å². The summed E-state index contributed by atoms with van der Waals surface area (Å²) in [5.41, 5.74) is 4.39. The van der Waals surface area contributed by atoms with E-state index in [4.69, 9.17) is 28.9 Å². The summed E-state index contributed by atoms with van der Waals surface area (Å²) in [7, 11) is 0. The van der Waals surface area contributed by atoms with Gasteiger partial charge in [-0.15, -0.1) is 0 Å². The Hall–Kier alpha value is -1.37. The van der Waals surface area contributed by atoms with E-state index in [1.54, 1.807) is 0 Å². The molecule has 0 aromatic heterocycles. The first-order valence-corrected chi connectivity index (χ1v) is 7.05. The number of halogens is 5. The zero-order chi connectivity index (χ0) is 15.7. The van der Waals surface area contributed by atoms with Crippen molar-refractivity contribution in [3.05, 3.63) is 56.0 Å². The molecule has 0 spiro atoms. The van der Waals surface area contributed by atoms with Gasteiger partial charge in [-0.2, -0.15) is 0 Å². The van der Waals surface area contributed by atoms with Gasteiger partial charge in [-0.3, -0.25) is 4.79 Å². The second-order valence-corrected chi connectivity index (χ2v) is 5.78. The van der Waals surface area contributed by atoms with E-state index in [-0.39, 0.29) is 21.3 Å². The number of hydrogen-bond acceptors (Lipinski definition) is 2. The first-order chi connectivity index (χ1) is 9.79. The lowest BCUT2D eigenvalue weighted by molar-refractivity contribution is 0.102. The molecule has 0 atom stereocenters. The fourth-order valence-corrected chi connectivity index (χ4v) is 2.87. The van der Waals surface area contributed by atoms with Crippen molar-refractivity contribution in [3.63, 3.8) is 0 Å². The maximum absolute atomic E-state index is 13.3. The van der Waals surface area contributed by atoms with Crippen LogP contribution < -0.4 is 11.1 Å². The van der Waals surface area contributed by atoms with Gasteiger partial charge < -0.3 is 11.1 Å². The number of hydrogen-bond donors (Lipinski definition) is 2. The highest BCUT2D eigenvalue weighted by molar-refractivity contribution is 9.10. The van der Waals surface area contributed by atoms with E-state index in [9.17, 15) is 13.6 Å². The molecule has 0 aliphatic rings. The minimum atomic E-state index is -1.02. The predicted molar refractivity (Wildman–Crippen MR) is 82.9 cm³/mol. The number of nitrogens with two attached hydrogens (primary N) is 1. The van der Waals surface area contributed by atoms with Crippen LogP contribution >= 0.6 is 39.1 Å². The highest BCUT2D eigenvalue weighted by Gasteiger charge is 2.16. The van der Waals surface area contributed by atoms with E-state index in [1.807, 2.05) is 0 Å². The first kappa shape index (κ1) is 16.0. The van der Waals surface area contributed by atoms with Gasteiger partial charge in [0, 0.05) is 10.0 Å². The van der Waals surface area contributed by atoms with E-state index in [2.05, 4.69) is 21.2 Å². The van der Waals surface area contributed by atoms with Crippen molar-refractivity contribution in [3.8, 4) is 0 Å². The third kappa shape index (κ3) is 3.45. The van der Waals surface area contributed by atoms with Crippen LogP contribution in [-0.4, -0.2) is 5.91 Å². The van der Waals surface area contributed by atoms with Crippen molar-refractivity contribution in [1.29, 1.82) is 0 Å².